The summed E-state index contributed by atoms with van der Waals surface area (Å²) in [5, 5.41) is 9.72. The van der Waals surface area contributed by atoms with Gasteiger partial charge in [-0.2, -0.15) is 0 Å². The minimum Gasteiger partial charge on any atom is -0.493 e. The number of fused-ring (bicyclic) bond motifs is 1. The molecule has 0 aliphatic carbocycles. The molecular formula is C20H19N5O3S. The minimum absolute atomic E-state index is 0.227. The van der Waals surface area contributed by atoms with E-state index in [-0.39, 0.29) is 5.56 Å². The maximum absolute atomic E-state index is 12.5. The Morgan fingerprint density at radius 3 is 2.52 bits per heavy atom. The third-order valence-corrected chi connectivity index (χ3v) is 5.50. The van der Waals surface area contributed by atoms with Gasteiger partial charge in [0.05, 0.1) is 30.9 Å². The van der Waals surface area contributed by atoms with Gasteiger partial charge >= 0.3 is 0 Å². The molecule has 2 aromatic heterocycles. The summed E-state index contributed by atoms with van der Waals surface area (Å²) >= 11 is 1.45. The van der Waals surface area contributed by atoms with Gasteiger partial charge in [0.1, 0.15) is 5.82 Å². The quantitative estimate of drug-likeness (QED) is 0.489. The average Bonchev–Trinajstić information content (AvgIpc) is 3.12. The van der Waals surface area contributed by atoms with E-state index in [0.717, 1.165) is 16.5 Å². The van der Waals surface area contributed by atoms with Crippen LogP contribution in [0, 0.1) is 0 Å². The topological polar surface area (TPSA) is 94.9 Å². The number of methoxy groups -OCH3 is 2. The second kappa shape index (κ2) is 7.96. The number of aromatic amines is 1. The van der Waals surface area contributed by atoms with Gasteiger partial charge in [0.15, 0.2) is 22.5 Å². The number of aromatic nitrogens is 5. The van der Waals surface area contributed by atoms with E-state index in [1.165, 1.54) is 18.9 Å². The van der Waals surface area contributed by atoms with Crippen molar-refractivity contribution in [3.8, 4) is 22.9 Å². The number of nitrogens with zero attached hydrogens (tertiary/aromatic N) is 4. The number of thioether (sulfide) groups is 1. The third-order valence-electron chi connectivity index (χ3n) is 4.46. The summed E-state index contributed by atoms with van der Waals surface area (Å²) in [4.78, 5) is 19.9. The molecule has 0 aliphatic rings. The molecule has 8 nitrogen and oxygen atoms in total. The summed E-state index contributed by atoms with van der Waals surface area (Å²) in [6, 6.07) is 13.2. The predicted molar refractivity (Wildman–Crippen MR) is 111 cm³/mol. The van der Waals surface area contributed by atoms with E-state index in [1.54, 1.807) is 19.2 Å². The van der Waals surface area contributed by atoms with Crippen LogP contribution < -0.4 is 15.0 Å². The van der Waals surface area contributed by atoms with Crippen molar-refractivity contribution in [3.05, 3.63) is 58.6 Å². The molecule has 0 bridgehead atoms. The Kier molecular flexibility index (Phi) is 5.22. The van der Waals surface area contributed by atoms with E-state index in [1.807, 2.05) is 41.9 Å². The number of hydrogen-bond acceptors (Lipinski definition) is 7. The molecule has 0 saturated carbocycles. The molecule has 0 saturated heterocycles. The predicted octanol–water partition coefficient (Wildman–Crippen LogP) is 3.03. The summed E-state index contributed by atoms with van der Waals surface area (Å²) < 4.78 is 12.5. The summed E-state index contributed by atoms with van der Waals surface area (Å²) in [7, 11) is 4.99. The summed E-state index contributed by atoms with van der Waals surface area (Å²) in [6.45, 7) is 0. The maximum Gasteiger partial charge on any atom is 0.258 e. The van der Waals surface area contributed by atoms with Crippen molar-refractivity contribution in [1.29, 1.82) is 0 Å². The molecule has 29 heavy (non-hydrogen) atoms. The van der Waals surface area contributed by atoms with Crippen molar-refractivity contribution < 1.29 is 9.47 Å². The first-order valence-corrected chi connectivity index (χ1v) is 9.82. The van der Waals surface area contributed by atoms with Gasteiger partial charge < -0.3 is 19.0 Å². The lowest BCUT2D eigenvalue weighted by Gasteiger charge is -2.09. The first-order valence-electron chi connectivity index (χ1n) is 8.83. The van der Waals surface area contributed by atoms with Crippen molar-refractivity contribution in [2.45, 2.75) is 10.9 Å². The van der Waals surface area contributed by atoms with Crippen LogP contribution in [0.25, 0.3) is 22.3 Å². The lowest BCUT2D eigenvalue weighted by molar-refractivity contribution is 0.355. The molecular weight excluding hydrogens is 390 g/mol. The highest BCUT2D eigenvalue weighted by molar-refractivity contribution is 7.98. The fraction of sp³-hybridized carbons (Fsp3) is 0.200. The van der Waals surface area contributed by atoms with Gasteiger partial charge in [0.25, 0.3) is 5.56 Å². The normalized spacial score (nSPS) is 11.0. The molecule has 0 unspecified atom stereocenters. The molecule has 148 valence electrons. The highest BCUT2D eigenvalue weighted by Gasteiger charge is 2.14. The van der Waals surface area contributed by atoms with Crippen LogP contribution in [-0.4, -0.2) is 39.0 Å². The van der Waals surface area contributed by atoms with Crippen molar-refractivity contribution >= 4 is 22.7 Å². The zero-order chi connectivity index (χ0) is 20.4. The largest absolute Gasteiger partial charge is 0.493 e. The fourth-order valence-electron chi connectivity index (χ4n) is 2.99. The van der Waals surface area contributed by atoms with Crippen LogP contribution in [0.3, 0.4) is 0 Å². The van der Waals surface area contributed by atoms with E-state index in [2.05, 4.69) is 20.2 Å². The maximum atomic E-state index is 12.5. The lowest BCUT2D eigenvalue weighted by Crippen LogP contribution is -2.12. The standard InChI is InChI=1S/C20H19N5O3S/c1-25-18(12-7-5-4-6-8-12)23-24-20(25)29-11-17-21-14-10-16(28-3)15(27-2)9-13(14)19(26)22-17/h4-10H,11H2,1-3H3,(H,21,22,26). The molecule has 1 N–H and O–H groups in total. The molecule has 2 aromatic carbocycles. The number of rotatable bonds is 6. The minimum atomic E-state index is -0.227. The molecule has 4 rings (SSSR count). The van der Waals surface area contributed by atoms with Crippen LogP contribution in [0.2, 0.25) is 0 Å². The number of H-pyrrole nitrogens is 1. The van der Waals surface area contributed by atoms with Crippen molar-refractivity contribution in [3.63, 3.8) is 0 Å². The first kappa shape index (κ1) is 19.0. The third kappa shape index (κ3) is 3.68. The van der Waals surface area contributed by atoms with Crippen molar-refractivity contribution in [1.82, 2.24) is 24.7 Å². The Morgan fingerprint density at radius 1 is 1.07 bits per heavy atom. The molecule has 0 amide bonds. The average molecular weight is 409 g/mol. The number of ether oxygens (including phenoxy) is 2. The van der Waals surface area contributed by atoms with Crippen molar-refractivity contribution in [2.24, 2.45) is 7.05 Å². The fourth-order valence-corrected chi connectivity index (χ4v) is 3.78. The van der Waals surface area contributed by atoms with Crippen LogP contribution >= 0.6 is 11.8 Å². The zero-order valence-corrected chi connectivity index (χ0v) is 17.0. The van der Waals surface area contributed by atoms with Gasteiger partial charge in [-0.1, -0.05) is 42.1 Å². The molecule has 0 radical (unpaired) electrons. The first-order chi connectivity index (χ1) is 14.1. The molecule has 2 heterocycles. The van der Waals surface area contributed by atoms with Gasteiger partial charge in [-0.25, -0.2) is 4.98 Å². The summed E-state index contributed by atoms with van der Waals surface area (Å²) in [6.07, 6.45) is 0. The summed E-state index contributed by atoms with van der Waals surface area (Å²) in [5.74, 6) is 2.79. The Hall–Kier alpha value is -3.33. The van der Waals surface area contributed by atoms with Crippen LogP contribution in [0.1, 0.15) is 5.82 Å². The Labute approximate surface area is 170 Å². The highest BCUT2D eigenvalue weighted by atomic mass is 32.2. The van der Waals surface area contributed by atoms with E-state index in [0.29, 0.717) is 34.0 Å². The second-order valence-corrected chi connectivity index (χ2v) is 7.20. The number of nitrogens with one attached hydrogen (secondary N) is 1. The van der Waals surface area contributed by atoms with E-state index < -0.39 is 0 Å². The molecule has 9 heteroatoms. The lowest BCUT2D eigenvalue weighted by atomic mass is 10.2. The van der Waals surface area contributed by atoms with Crippen LogP contribution in [-0.2, 0) is 12.8 Å². The number of benzene rings is 2. The monoisotopic (exact) mass is 409 g/mol. The molecule has 0 aliphatic heterocycles. The number of hydrogen-bond donors (Lipinski definition) is 1. The van der Waals surface area contributed by atoms with Gasteiger partial charge in [0, 0.05) is 18.7 Å². The Bertz CT molecular complexity index is 1220. The van der Waals surface area contributed by atoms with Crippen molar-refractivity contribution in [2.75, 3.05) is 14.2 Å². The molecule has 0 spiro atoms. The van der Waals surface area contributed by atoms with Crippen LogP contribution in [0.15, 0.2) is 52.4 Å². The van der Waals surface area contributed by atoms with E-state index >= 15 is 0 Å². The van der Waals surface area contributed by atoms with Gasteiger partial charge in [-0.3, -0.25) is 4.79 Å². The molecule has 0 fully saturated rings. The smallest absolute Gasteiger partial charge is 0.258 e. The molecule has 0 atom stereocenters. The zero-order valence-electron chi connectivity index (χ0n) is 16.2. The van der Waals surface area contributed by atoms with Crippen LogP contribution in [0.5, 0.6) is 11.5 Å². The summed E-state index contributed by atoms with van der Waals surface area (Å²) in [5.41, 5.74) is 1.31. The SMILES string of the molecule is COc1cc2nc(CSc3nnc(-c4ccccc4)n3C)[nH]c(=O)c2cc1OC. The molecule has 4 aromatic rings. The van der Waals surface area contributed by atoms with E-state index in [9.17, 15) is 4.79 Å². The Balaban J connectivity index is 1.61. The van der Waals surface area contributed by atoms with Gasteiger partial charge in [-0.05, 0) is 6.07 Å². The van der Waals surface area contributed by atoms with Gasteiger partial charge in [0.2, 0.25) is 0 Å². The van der Waals surface area contributed by atoms with E-state index in [4.69, 9.17) is 9.47 Å². The Morgan fingerprint density at radius 2 is 1.79 bits per heavy atom. The van der Waals surface area contributed by atoms with Gasteiger partial charge in [-0.15, -0.1) is 10.2 Å². The van der Waals surface area contributed by atoms with Crippen LogP contribution in [0.4, 0.5) is 0 Å². The second-order valence-electron chi connectivity index (χ2n) is 6.26. The highest BCUT2D eigenvalue weighted by Crippen LogP contribution is 2.30.